The predicted molar refractivity (Wildman–Crippen MR) is 65.7 cm³/mol. The van der Waals surface area contributed by atoms with Crippen molar-refractivity contribution in [2.24, 2.45) is 0 Å². The van der Waals surface area contributed by atoms with Crippen molar-refractivity contribution in [2.45, 2.75) is 31.0 Å². The Morgan fingerprint density at radius 2 is 2.47 bits per heavy atom. The highest BCUT2D eigenvalue weighted by atomic mass is 16.5. The number of oxazole rings is 1. The minimum absolute atomic E-state index is 0.0735. The first-order chi connectivity index (χ1) is 9.25. The summed E-state index contributed by atoms with van der Waals surface area (Å²) >= 11 is 0. The maximum atomic E-state index is 12.2. The lowest BCUT2D eigenvalue weighted by Gasteiger charge is -2.43. The number of carbonyl (C=O) groups is 1. The molecule has 2 fully saturated rings. The van der Waals surface area contributed by atoms with Gasteiger partial charge in [0.25, 0.3) is 5.91 Å². The average molecular weight is 266 g/mol. The van der Waals surface area contributed by atoms with Crippen LogP contribution in [0.1, 0.15) is 29.8 Å². The van der Waals surface area contributed by atoms with E-state index in [2.05, 4.69) is 4.98 Å². The molecule has 1 spiro atoms. The summed E-state index contributed by atoms with van der Waals surface area (Å²) in [6.45, 7) is 1.99. The zero-order valence-electron chi connectivity index (χ0n) is 11.0. The summed E-state index contributed by atoms with van der Waals surface area (Å²) < 4.78 is 16.5. The van der Waals surface area contributed by atoms with Crippen LogP contribution in [-0.2, 0) is 9.47 Å². The maximum Gasteiger partial charge on any atom is 0.291 e. The molecule has 0 saturated carbocycles. The van der Waals surface area contributed by atoms with Crippen molar-refractivity contribution in [3.05, 3.63) is 18.4 Å². The molecular formula is C13H18N2O4. The number of aromatic nitrogens is 1. The van der Waals surface area contributed by atoms with E-state index in [-0.39, 0.29) is 23.4 Å². The number of carbonyl (C=O) groups excluding carboxylic acids is 1. The molecule has 6 nitrogen and oxygen atoms in total. The number of hydrogen-bond acceptors (Lipinski definition) is 5. The second-order valence-electron chi connectivity index (χ2n) is 5.11. The fraction of sp³-hybridized carbons (Fsp3) is 0.692. The largest absolute Gasteiger partial charge is 0.438 e. The average Bonchev–Trinajstić information content (AvgIpc) is 3.10. The van der Waals surface area contributed by atoms with Gasteiger partial charge in [0.2, 0.25) is 5.76 Å². The Kier molecular flexibility index (Phi) is 3.28. The Bertz CT molecular complexity index is 440. The van der Waals surface area contributed by atoms with Gasteiger partial charge in [-0.2, -0.15) is 0 Å². The van der Waals surface area contributed by atoms with Gasteiger partial charge < -0.3 is 18.8 Å². The molecule has 2 saturated heterocycles. The molecule has 0 radical (unpaired) electrons. The molecule has 6 heteroatoms. The smallest absolute Gasteiger partial charge is 0.291 e. The van der Waals surface area contributed by atoms with E-state index in [4.69, 9.17) is 13.9 Å². The van der Waals surface area contributed by atoms with Crippen LogP contribution in [0.4, 0.5) is 0 Å². The second-order valence-corrected chi connectivity index (χ2v) is 5.11. The van der Waals surface area contributed by atoms with Crippen LogP contribution >= 0.6 is 0 Å². The number of nitrogens with zero attached hydrogens (tertiary/aromatic N) is 2. The lowest BCUT2D eigenvalue weighted by molar-refractivity contribution is -0.136. The molecule has 1 amide bonds. The molecule has 3 heterocycles. The standard InChI is InChI=1S/C13H18N2O4/c1-17-11-8-15(12(16)10-7-14-9-18-10)5-4-13(11)3-2-6-19-13/h7,9,11H,2-6,8H2,1H3/t11-,13-/m0/s1. The number of likely N-dealkylation sites (tertiary alicyclic amines) is 1. The number of methoxy groups -OCH3 is 1. The Morgan fingerprint density at radius 3 is 3.11 bits per heavy atom. The van der Waals surface area contributed by atoms with E-state index in [0.717, 1.165) is 25.9 Å². The zero-order chi connectivity index (χ0) is 13.3. The summed E-state index contributed by atoms with van der Waals surface area (Å²) in [6, 6.07) is 0. The van der Waals surface area contributed by atoms with Gasteiger partial charge in [-0.3, -0.25) is 4.79 Å². The lowest BCUT2D eigenvalue weighted by atomic mass is 9.85. The van der Waals surface area contributed by atoms with E-state index in [1.165, 1.54) is 12.6 Å². The van der Waals surface area contributed by atoms with Gasteiger partial charge in [-0.15, -0.1) is 0 Å². The molecular weight excluding hydrogens is 248 g/mol. The molecule has 0 unspecified atom stereocenters. The first-order valence-electron chi connectivity index (χ1n) is 6.60. The van der Waals surface area contributed by atoms with Crippen molar-refractivity contribution in [1.29, 1.82) is 0 Å². The van der Waals surface area contributed by atoms with E-state index in [1.54, 1.807) is 12.0 Å². The summed E-state index contributed by atoms with van der Waals surface area (Å²) in [6.07, 6.45) is 5.53. The SMILES string of the molecule is CO[C@H]1CN(C(=O)c2cnco2)CC[C@@]12CCCO2. The molecule has 1 aromatic rings. The van der Waals surface area contributed by atoms with E-state index in [9.17, 15) is 4.79 Å². The van der Waals surface area contributed by atoms with Crippen molar-refractivity contribution < 1.29 is 18.7 Å². The van der Waals surface area contributed by atoms with Crippen LogP contribution < -0.4 is 0 Å². The van der Waals surface area contributed by atoms with Crippen LogP contribution in [0.15, 0.2) is 17.0 Å². The Balaban J connectivity index is 1.73. The van der Waals surface area contributed by atoms with Gasteiger partial charge >= 0.3 is 0 Å². The zero-order valence-corrected chi connectivity index (χ0v) is 11.0. The fourth-order valence-electron chi connectivity index (χ4n) is 3.06. The van der Waals surface area contributed by atoms with Crippen LogP contribution in [-0.4, -0.2) is 54.3 Å². The molecule has 1 aromatic heterocycles. The normalized spacial score (nSPS) is 31.0. The Labute approximate surface area is 111 Å². The summed E-state index contributed by atoms with van der Waals surface area (Å²) in [5.74, 6) is 0.144. The Hall–Kier alpha value is -1.40. The summed E-state index contributed by atoms with van der Waals surface area (Å²) in [5, 5.41) is 0. The molecule has 2 aliphatic heterocycles. The van der Waals surface area contributed by atoms with Crippen molar-refractivity contribution in [1.82, 2.24) is 9.88 Å². The van der Waals surface area contributed by atoms with Gasteiger partial charge in [-0.05, 0) is 19.3 Å². The molecule has 104 valence electrons. The highest BCUT2D eigenvalue weighted by Crippen LogP contribution is 2.37. The molecule has 0 aliphatic carbocycles. The van der Waals surface area contributed by atoms with E-state index in [0.29, 0.717) is 13.1 Å². The number of ether oxygens (including phenoxy) is 2. The molecule has 0 N–H and O–H groups in total. The summed E-state index contributed by atoms with van der Waals surface area (Å²) in [5.41, 5.74) is -0.201. The van der Waals surface area contributed by atoms with Crippen LogP contribution in [0, 0.1) is 0 Å². The van der Waals surface area contributed by atoms with Crippen molar-refractivity contribution in [3.8, 4) is 0 Å². The number of rotatable bonds is 2. The molecule has 3 rings (SSSR count). The first-order valence-corrected chi connectivity index (χ1v) is 6.60. The third-order valence-electron chi connectivity index (χ3n) is 4.13. The fourth-order valence-corrected chi connectivity index (χ4v) is 3.06. The second kappa shape index (κ2) is 4.94. The predicted octanol–water partition coefficient (Wildman–Crippen LogP) is 1.08. The van der Waals surface area contributed by atoms with Crippen molar-refractivity contribution >= 4 is 5.91 Å². The highest BCUT2D eigenvalue weighted by Gasteiger charge is 2.47. The quantitative estimate of drug-likeness (QED) is 0.801. The number of piperidine rings is 1. The minimum Gasteiger partial charge on any atom is -0.438 e. The van der Waals surface area contributed by atoms with Gasteiger partial charge in [0.05, 0.1) is 18.3 Å². The Morgan fingerprint density at radius 1 is 1.58 bits per heavy atom. The van der Waals surface area contributed by atoms with Crippen molar-refractivity contribution in [3.63, 3.8) is 0 Å². The number of hydrogen-bond donors (Lipinski definition) is 0. The number of amides is 1. The molecule has 2 atom stereocenters. The maximum absolute atomic E-state index is 12.2. The van der Waals surface area contributed by atoms with Crippen LogP contribution in [0.5, 0.6) is 0 Å². The molecule has 0 bridgehead atoms. The van der Waals surface area contributed by atoms with Gasteiger partial charge in [0.1, 0.15) is 6.10 Å². The monoisotopic (exact) mass is 266 g/mol. The molecule has 2 aliphatic rings. The van der Waals surface area contributed by atoms with Crippen molar-refractivity contribution in [2.75, 3.05) is 26.8 Å². The van der Waals surface area contributed by atoms with Gasteiger partial charge in [-0.25, -0.2) is 4.98 Å². The van der Waals surface area contributed by atoms with Gasteiger partial charge in [-0.1, -0.05) is 0 Å². The van der Waals surface area contributed by atoms with E-state index < -0.39 is 0 Å². The van der Waals surface area contributed by atoms with E-state index >= 15 is 0 Å². The third kappa shape index (κ3) is 2.15. The molecule has 19 heavy (non-hydrogen) atoms. The topological polar surface area (TPSA) is 64.8 Å². The highest BCUT2D eigenvalue weighted by molar-refractivity contribution is 5.91. The third-order valence-corrected chi connectivity index (χ3v) is 4.13. The summed E-state index contributed by atoms with van der Waals surface area (Å²) in [4.78, 5) is 17.8. The first kappa shape index (κ1) is 12.6. The van der Waals surface area contributed by atoms with Gasteiger partial charge in [0.15, 0.2) is 6.39 Å². The lowest BCUT2D eigenvalue weighted by Crippen LogP contribution is -2.57. The van der Waals surface area contributed by atoms with E-state index in [1.807, 2.05) is 0 Å². The van der Waals surface area contributed by atoms with Crippen LogP contribution in [0.25, 0.3) is 0 Å². The van der Waals surface area contributed by atoms with Crippen LogP contribution in [0.3, 0.4) is 0 Å². The minimum atomic E-state index is -0.201. The molecule has 0 aromatic carbocycles. The summed E-state index contributed by atoms with van der Waals surface area (Å²) in [7, 11) is 1.68. The van der Waals surface area contributed by atoms with Gasteiger partial charge in [0, 0.05) is 20.3 Å². The van der Waals surface area contributed by atoms with Crippen LogP contribution in [0.2, 0.25) is 0 Å².